The lowest BCUT2D eigenvalue weighted by molar-refractivity contribution is 0.568. The van der Waals surface area contributed by atoms with Crippen molar-refractivity contribution in [2.45, 2.75) is 24.3 Å². The molecule has 2 aromatic rings. The van der Waals surface area contributed by atoms with Gasteiger partial charge >= 0.3 is 0 Å². The maximum atomic E-state index is 13.5. The zero-order valence-electron chi connectivity index (χ0n) is 11.8. The van der Waals surface area contributed by atoms with Gasteiger partial charge in [-0.15, -0.1) is 11.8 Å². The fourth-order valence-corrected chi connectivity index (χ4v) is 3.33. The van der Waals surface area contributed by atoms with E-state index in [9.17, 15) is 4.39 Å². The molecule has 0 saturated heterocycles. The summed E-state index contributed by atoms with van der Waals surface area (Å²) in [6.45, 7) is 2.07. The molecule has 0 heterocycles. The second-order valence-electron chi connectivity index (χ2n) is 4.90. The number of rotatable bonds is 6. The monoisotopic (exact) mass is 368 g/mol. The quantitative estimate of drug-likeness (QED) is 0.458. The minimum atomic E-state index is -0.241. The van der Waals surface area contributed by atoms with Crippen molar-refractivity contribution in [3.05, 3.63) is 63.9 Å². The highest BCUT2D eigenvalue weighted by Crippen LogP contribution is 2.24. The number of halogens is 2. The van der Waals surface area contributed by atoms with Crippen LogP contribution in [-0.2, 0) is 6.42 Å². The van der Waals surface area contributed by atoms with Crippen LogP contribution in [-0.4, -0.2) is 11.8 Å². The van der Waals surface area contributed by atoms with E-state index in [1.54, 1.807) is 17.8 Å². The normalized spacial score (nSPS) is 12.4. The molecule has 0 radical (unpaired) electrons. The van der Waals surface area contributed by atoms with Crippen LogP contribution in [0.25, 0.3) is 0 Å². The average molecular weight is 369 g/mol. The summed E-state index contributed by atoms with van der Waals surface area (Å²) in [6, 6.07) is 13.5. The van der Waals surface area contributed by atoms with E-state index in [1.807, 2.05) is 6.07 Å². The Labute approximate surface area is 137 Å². The minimum absolute atomic E-state index is 0.0782. The van der Waals surface area contributed by atoms with Gasteiger partial charge in [0.2, 0.25) is 0 Å². The topological polar surface area (TPSA) is 38.0 Å². The molecule has 0 amide bonds. The van der Waals surface area contributed by atoms with Crippen molar-refractivity contribution in [3.63, 3.8) is 0 Å². The predicted molar refractivity (Wildman–Crippen MR) is 90.8 cm³/mol. The van der Waals surface area contributed by atoms with Gasteiger partial charge in [0, 0.05) is 16.7 Å². The molecule has 2 rings (SSSR count). The first-order chi connectivity index (χ1) is 10.1. The first-order valence-electron chi connectivity index (χ1n) is 6.68. The molecule has 0 spiro atoms. The third-order valence-corrected chi connectivity index (χ3v) is 5.27. The zero-order valence-corrected chi connectivity index (χ0v) is 14.2. The Morgan fingerprint density at radius 3 is 2.62 bits per heavy atom. The van der Waals surface area contributed by atoms with Crippen molar-refractivity contribution in [1.29, 1.82) is 0 Å². The van der Waals surface area contributed by atoms with Crippen LogP contribution in [0, 0.1) is 12.7 Å². The van der Waals surface area contributed by atoms with Gasteiger partial charge in [0.15, 0.2) is 0 Å². The summed E-state index contributed by atoms with van der Waals surface area (Å²) in [4.78, 5) is 1.21. The molecule has 21 heavy (non-hydrogen) atoms. The Morgan fingerprint density at radius 2 is 1.95 bits per heavy atom. The number of nitrogens with two attached hydrogens (primary N) is 1. The predicted octanol–water partition coefficient (Wildman–Crippen LogP) is 4.06. The fraction of sp³-hybridized carbons (Fsp3) is 0.250. The highest BCUT2D eigenvalue weighted by molar-refractivity contribution is 9.10. The van der Waals surface area contributed by atoms with Gasteiger partial charge in [0.05, 0.1) is 4.47 Å². The van der Waals surface area contributed by atoms with E-state index in [4.69, 9.17) is 5.84 Å². The lowest BCUT2D eigenvalue weighted by Crippen LogP contribution is -2.38. The molecule has 0 aliphatic heterocycles. The van der Waals surface area contributed by atoms with E-state index in [0.717, 1.165) is 11.3 Å². The maximum absolute atomic E-state index is 13.5. The first kappa shape index (κ1) is 16.5. The van der Waals surface area contributed by atoms with Crippen LogP contribution in [0.3, 0.4) is 0 Å². The molecule has 2 nitrogen and oxygen atoms in total. The van der Waals surface area contributed by atoms with Crippen molar-refractivity contribution in [2.75, 3.05) is 5.75 Å². The minimum Gasteiger partial charge on any atom is -0.271 e. The van der Waals surface area contributed by atoms with E-state index < -0.39 is 0 Å². The Balaban J connectivity index is 1.97. The Kier molecular flexibility index (Phi) is 6.23. The van der Waals surface area contributed by atoms with E-state index in [2.05, 4.69) is 52.5 Å². The molecule has 1 unspecified atom stereocenters. The summed E-state index contributed by atoms with van der Waals surface area (Å²) in [6.07, 6.45) is 0.674. The summed E-state index contributed by atoms with van der Waals surface area (Å²) in [7, 11) is 0. The molecule has 0 bridgehead atoms. The van der Waals surface area contributed by atoms with E-state index >= 15 is 0 Å². The van der Waals surface area contributed by atoms with Crippen LogP contribution in [0.5, 0.6) is 0 Å². The molecule has 5 heteroatoms. The van der Waals surface area contributed by atoms with Crippen molar-refractivity contribution in [1.82, 2.24) is 5.43 Å². The highest BCUT2D eigenvalue weighted by atomic mass is 79.9. The zero-order chi connectivity index (χ0) is 15.2. The summed E-state index contributed by atoms with van der Waals surface area (Å²) in [5.41, 5.74) is 4.98. The summed E-state index contributed by atoms with van der Waals surface area (Å²) in [5.74, 6) is 6.21. The van der Waals surface area contributed by atoms with Crippen LogP contribution in [0.4, 0.5) is 4.39 Å². The number of aryl methyl sites for hydroxylation is 1. The molecule has 0 aliphatic rings. The van der Waals surface area contributed by atoms with E-state index in [-0.39, 0.29) is 11.9 Å². The molecule has 0 aromatic heterocycles. The Bertz CT molecular complexity index is 589. The summed E-state index contributed by atoms with van der Waals surface area (Å²) >= 11 is 5.03. The molecular weight excluding hydrogens is 351 g/mol. The van der Waals surface area contributed by atoms with Gasteiger partial charge in [-0.05, 0) is 53.0 Å². The Hall–Kier alpha value is -0.880. The van der Waals surface area contributed by atoms with Gasteiger partial charge < -0.3 is 0 Å². The smallest absolute Gasteiger partial charge is 0.137 e. The Morgan fingerprint density at radius 1 is 1.24 bits per heavy atom. The number of nitrogens with one attached hydrogen (secondary N) is 1. The van der Waals surface area contributed by atoms with Crippen LogP contribution in [0.15, 0.2) is 51.8 Å². The molecular formula is C16H18BrFN2S. The van der Waals surface area contributed by atoms with Crippen molar-refractivity contribution < 1.29 is 4.39 Å². The largest absolute Gasteiger partial charge is 0.271 e. The summed E-state index contributed by atoms with van der Waals surface area (Å²) in [5, 5.41) is 0. The molecule has 0 saturated carbocycles. The molecule has 2 aromatic carbocycles. The second kappa shape index (κ2) is 7.94. The molecule has 112 valence electrons. The maximum Gasteiger partial charge on any atom is 0.137 e. The van der Waals surface area contributed by atoms with Gasteiger partial charge in [0.1, 0.15) is 5.82 Å². The SMILES string of the molecule is Cc1ccc(SCC(Cc2cccc(F)c2Br)NN)cc1. The number of hydrogen-bond donors (Lipinski definition) is 2. The fourth-order valence-electron chi connectivity index (χ4n) is 1.97. The lowest BCUT2D eigenvalue weighted by Gasteiger charge is -2.16. The summed E-state index contributed by atoms with van der Waals surface area (Å²) < 4.78 is 14.0. The second-order valence-corrected chi connectivity index (χ2v) is 6.79. The van der Waals surface area contributed by atoms with Crippen LogP contribution in [0.1, 0.15) is 11.1 Å². The average Bonchev–Trinajstić information content (AvgIpc) is 2.49. The number of benzene rings is 2. The van der Waals surface area contributed by atoms with Gasteiger partial charge in [-0.25, -0.2) is 4.39 Å². The van der Waals surface area contributed by atoms with Crippen LogP contribution < -0.4 is 11.3 Å². The van der Waals surface area contributed by atoms with Crippen molar-refractivity contribution >= 4 is 27.7 Å². The van der Waals surface area contributed by atoms with Crippen LogP contribution in [0.2, 0.25) is 0 Å². The molecule has 0 aliphatic carbocycles. The number of hydrogen-bond acceptors (Lipinski definition) is 3. The van der Waals surface area contributed by atoms with Gasteiger partial charge in [-0.2, -0.15) is 0 Å². The lowest BCUT2D eigenvalue weighted by atomic mass is 10.1. The van der Waals surface area contributed by atoms with E-state index in [1.165, 1.54) is 16.5 Å². The first-order valence-corrected chi connectivity index (χ1v) is 8.46. The van der Waals surface area contributed by atoms with Gasteiger partial charge in [-0.1, -0.05) is 29.8 Å². The van der Waals surface area contributed by atoms with Crippen molar-refractivity contribution in [3.8, 4) is 0 Å². The standard InChI is InChI=1S/C16H18BrFN2S/c1-11-5-7-14(8-6-11)21-10-13(20-19)9-12-3-2-4-15(18)16(12)17/h2-8,13,20H,9-10,19H2,1H3. The molecule has 1 atom stereocenters. The van der Waals surface area contributed by atoms with Crippen LogP contribution >= 0.6 is 27.7 Å². The number of thioether (sulfide) groups is 1. The third kappa shape index (κ3) is 4.81. The molecule has 0 fully saturated rings. The molecule has 3 N–H and O–H groups in total. The van der Waals surface area contributed by atoms with E-state index in [0.29, 0.717) is 10.9 Å². The van der Waals surface area contributed by atoms with Gasteiger partial charge in [-0.3, -0.25) is 11.3 Å². The van der Waals surface area contributed by atoms with Gasteiger partial charge in [0.25, 0.3) is 0 Å². The highest BCUT2D eigenvalue weighted by Gasteiger charge is 2.12. The third-order valence-electron chi connectivity index (χ3n) is 3.21. The van der Waals surface area contributed by atoms with Crippen molar-refractivity contribution in [2.24, 2.45) is 5.84 Å². The number of hydrazine groups is 1.